The second-order valence-corrected chi connectivity index (χ2v) is 9.34. The van der Waals surface area contributed by atoms with E-state index in [0.29, 0.717) is 0 Å². The van der Waals surface area contributed by atoms with Crippen molar-refractivity contribution in [1.29, 1.82) is 0 Å². The van der Waals surface area contributed by atoms with E-state index in [1.807, 2.05) is 0 Å². The van der Waals surface area contributed by atoms with Gasteiger partial charge in [0.25, 0.3) is 0 Å². The molecular formula is C19H38N4O11. The van der Waals surface area contributed by atoms with Crippen LogP contribution in [0.1, 0.15) is 13.3 Å². The molecule has 0 aromatic carbocycles. The Morgan fingerprint density at radius 2 is 1.35 bits per heavy atom. The lowest BCUT2D eigenvalue weighted by Gasteiger charge is -2.47. The van der Waals surface area contributed by atoms with E-state index >= 15 is 0 Å². The van der Waals surface area contributed by atoms with Crippen LogP contribution in [0.2, 0.25) is 0 Å². The first-order valence-electron chi connectivity index (χ1n) is 11.2. The molecule has 7 unspecified atom stereocenters. The Balaban J connectivity index is 1.80. The Hall–Kier alpha value is -0.600. The molecule has 2 aliphatic heterocycles. The lowest BCUT2D eigenvalue weighted by Crippen LogP contribution is -2.68. The molecule has 0 amide bonds. The minimum atomic E-state index is -1.61. The van der Waals surface area contributed by atoms with Crippen molar-refractivity contribution >= 4 is 0 Å². The number of aliphatic hydroxyl groups is 7. The normalized spacial score (nSPS) is 51.9. The van der Waals surface area contributed by atoms with Gasteiger partial charge in [0.15, 0.2) is 12.6 Å². The highest BCUT2D eigenvalue weighted by Gasteiger charge is 2.53. The molecule has 2 heterocycles. The Morgan fingerprint density at radius 1 is 0.794 bits per heavy atom. The molecule has 200 valence electrons. The molecule has 3 fully saturated rings. The first-order valence-corrected chi connectivity index (χ1v) is 11.2. The van der Waals surface area contributed by atoms with Crippen molar-refractivity contribution in [2.24, 2.45) is 22.9 Å². The van der Waals surface area contributed by atoms with Gasteiger partial charge in [-0.3, -0.25) is 0 Å². The summed E-state index contributed by atoms with van der Waals surface area (Å²) < 4.78 is 22.7. The fraction of sp³-hybridized carbons (Fsp3) is 1.00. The van der Waals surface area contributed by atoms with Crippen molar-refractivity contribution in [2.75, 3.05) is 6.61 Å². The van der Waals surface area contributed by atoms with Gasteiger partial charge in [-0.05, 0) is 13.3 Å². The van der Waals surface area contributed by atoms with E-state index in [4.69, 9.17) is 41.9 Å². The van der Waals surface area contributed by atoms with E-state index in [1.165, 1.54) is 0 Å². The predicted octanol–water partition coefficient (Wildman–Crippen LogP) is -6.90. The van der Waals surface area contributed by atoms with Gasteiger partial charge >= 0.3 is 0 Å². The average molecular weight is 499 g/mol. The second-order valence-electron chi connectivity index (χ2n) is 9.34. The first-order chi connectivity index (χ1) is 15.9. The van der Waals surface area contributed by atoms with Crippen LogP contribution in [0, 0.1) is 0 Å². The van der Waals surface area contributed by atoms with Gasteiger partial charge in [-0.25, -0.2) is 0 Å². The van der Waals surface area contributed by atoms with Gasteiger partial charge in [0.2, 0.25) is 0 Å². The van der Waals surface area contributed by atoms with Crippen LogP contribution in [0.15, 0.2) is 0 Å². The monoisotopic (exact) mass is 498 g/mol. The predicted molar refractivity (Wildman–Crippen MR) is 112 cm³/mol. The number of nitrogens with two attached hydrogens (primary N) is 4. The summed E-state index contributed by atoms with van der Waals surface area (Å²) in [6.07, 6.45) is -16.5. The molecule has 1 aliphatic carbocycles. The molecule has 34 heavy (non-hydrogen) atoms. The van der Waals surface area contributed by atoms with Crippen LogP contribution in [0.3, 0.4) is 0 Å². The molecule has 1 saturated carbocycles. The Morgan fingerprint density at radius 3 is 1.91 bits per heavy atom. The highest BCUT2D eigenvalue weighted by atomic mass is 16.7. The average Bonchev–Trinajstić information content (AvgIpc) is 3.07. The van der Waals surface area contributed by atoms with Crippen LogP contribution in [0.5, 0.6) is 0 Å². The third-order valence-electron chi connectivity index (χ3n) is 6.68. The molecule has 0 aromatic heterocycles. The quantitative estimate of drug-likeness (QED) is 0.155. The third-order valence-corrected chi connectivity index (χ3v) is 6.68. The zero-order chi connectivity index (χ0) is 25.5. The molecule has 3 aliphatic rings. The van der Waals surface area contributed by atoms with Crippen molar-refractivity contribution in [3.63, 3.8) is 0 Å². The van der Waals surface area contributed by atoms with Crippen molar-refractivity contribution in [2.45, 2.75) is 111 Å². The van der Waals surface area contributed by atoms with Crippen molar-refractivity contribution in [3.05, 3.63) is 0 Å². The number of aliphatic hydroxyl groups excluding tert-OH is 7. The van der Waals surface area contributed by atoms with Gasteiger partial charge in [0.05, 0.1) is 18.8 Å². The molecule has 0 spiro atoms. The zero-order valence-corrected chi connectivity index (χ0v) is 18.7. The van der Waals surface area contributed by atoms with Gasteiger partial charge in [-0.1, -0.05) is 0 Å². The zero-order valence-electron chi connectivity index (χ0n) is 18.7. The van der Waals surface area contributed by atoms with Crippen molar-refractivity contribution in [1.82, 2.24) is 0 Å². The maximum absolute atomic E-state index is 10.7. The summed E-state index contributed by atoms with van der Waals surface area (Å²) in [6, 6.07) is -3.60. The molecule has 0 bridgehead atoms. The minimum absolute atomic E-state index is 0.0979. The van der Waals surface area contributed by atoms with E-state index in [0.717, 1.165) is 0 Å². The minimum Gasteiger partial charge on any atom is -0.394 e. The molecular weight excluding hydrogens is 460 g/mol. The molecule has 15 nitrogen and oxygen atoms in total. The van der Waals surface area contributed by atoms with Gasteiger partial charge < -0.3 is 77.6 Å². The summed E-state index contributed by atoms with van der Waals surface area (Å²) in [5.74, 6) is 0. The maximum Gasteiger partial charge on any atom is 0.187 e. The number of hydrogen-bond acceptors (Lipinski definition) is 15. The number of ether oxygens (including phenoxy) is 4. The van der Waals surface area contributed by atoms with E-state index in [-0.39, 0.29) is 6.42 Å². The largest absolute Gasteiger partial charge is 0.394 e. The molecule has 0 radical (unpaired) electrons. The highest BCUT2D eigenvalue weighted by Crippen LogP contribution is 2.32. The van der Waals surface area contributed by atoms with Gasteiger partial charge in [0, 0.05) is 18.1 Å². The maximum atomic E-state index is 10.7. The van der Waals surface area contributed by atoms with Crippen LogP contribution < -0.4 is 22.9 Å². The highest BCUT2D eigenvalue weighted by molar-refractivity contribution is 5.02. The number of hydrogen-bond donors (Lipinski definition) is 11. The molecule has 16 atom stereocenters. The lowest BCUT2D eigenvalue weighted by molar-refractivity contribution is -0.317. The Bertz CT molecular complexity index is 666. The van der Waals surface area contributed by atoms with Crippen LogP contribution in [0.4, 0.5) is 0 Å². The topological polar surface area (TPSA) is 283 Å². The van der Waals surface area contributed by atoms with Gasteiger partial charge in [0.1, 0.15) is 54.9 Å². The van der Waals surface area contributed by atoms with Crippen LogP contribution in [-0.2, 0) is 18.9 Å². The summed E-state index contributed by atoms with van der Waals surface area (Å²) in [6.45, 7) is 0.813. The van der Waals surface area contributed by atoms with Gasteiger partial charge in [-0.2, -0.15) is 0 Å². The summed E-state index contributed by atoms with van der Waals surface area (Å²) in [7, 11) is 0. The Labute approximate surface area is 196 Å². The standard InChI is InChI=1S/C19H38N4O11/c1-4(20)14-12(29)13(30)19(31-14)34-17-9(26)5(21)2-6(22)15(17)32-18-8(23)10(27)11(28)16(33-18)7(25)3-24/h4-19,24-30H,2-3,20-23H2,1H3/t4-,5+,6?,7+,8?,9+,10?,11-,12?,13?,14+,15+,16?,17?,18-,19-/m0/s1. The first kappa shape index (κ1) is 28.0. The molecule has 15 heteroatoms. The van der Waals surface area contributed by atoms with Crippen molar-refractivity contribution in [3.8, 4) is 0 Å². The fourth-order valence-corrected chi connectivity index (χ4v) is 4.59. The van der Waals surface area contributed by atoms with E-state index in [9.17, 15) is 35.7 Å². The fourth-order valence-electron chi connectivity index (χ4n) is 4.59. The van der Waals surface area contributed by atoms with Crippen LogP contribution in [-0.4, -0.2) is 140 Å². The van der Waals surface area contributed by atoms with Gasteiger partial charge in [-0.15, -0.1) is 0 Å². The molecule has 2 saturated heterocycles. The second kappa shape index (κ2) is 11.2. The van der Waals surface area contributed by atoms with Crippen LogP contribution in [0.25, 0.3) is 0 Å². The van der Waals surface area contributed by atoms with E-state index in [2.05, 4.69) is 0 Å². The Kier molecular flexibility index (Phi) is 9.22. The summed E-state index contributed by atoms with van der Waals surface area (Å²) in [4.78, 5) is 0. The molecule has 15 N–H and O–H groups in total. The smallest absolute Gasteiger partial charge is 0.187 e. The molecule has 3 rings (SSSR count). The van der Waals surface area contributed by atoms with Crippen molar-refractivity contribution < 1.29 is 54.7 Å². The van der Waals surface area contributed by atoms with E-state index < -0.39 is 104 Å². The SMILES string of the molecule is C[C@H](N)[C@H]1O[C@@H](OC2[C@H](O[C@H]3OC([C@H](O)CO)[C@@H](O)C(O)C3N)C(N)C[C@@H](N)[C@H]2O)C(O)C1O. The molecule has 0 aromatic rings. The lowest BCUT2D eigenvalue weighted by atomic mass is 9.84. The third kappa shape index (κ3) is 5.39. The van der Waals surface area contributed by atoms with Crippen LogP contribution >= 0.6 is 0 Å². The summed E-state index contributed by atoms with van der Waals surface area (Å²) in [5.41, 5.74) is 23.9. The summed E-state index contributed by atoms with van der Waals surface area (Å²) in [5, 5.41) is 71.0. The summed E-state index contributed by atoms with van der Waals surface area (Å²) >= 11 is 0. The number of rotatable bonds is 7. The van der Waals surface area contributed by atoms with E-state index in [1.54, 1.807) is 6.92 Å².